The van der Waals surface area contributed by atoms with Gasteiger partial charge in [0.2, 0.25) is 17.7 Å². The van der Waals surface area contributed by atoms with Gasteiger partial charge in [0.15, 0.2) is 11.5 Å². The van der Waals surface area contributed by atoms with Crippen LogP contribution in [0.4, 0.5) is 32.5 Å². The fourth-order valence-electron chi connectivity index (χ4n) is 8.01. The number of pyridine rings is 1. The summed E-state index contributed by atoms with van der Waals surface area (Å²) in [6.07, 6.45) is 8.01. The van der Waals surface area contributed by atoms with Gasteiger partial charge in [-0.1, -0.05) is 44.5 Å². The van der Waals surface area contributed by atoms with Gasteiger partial charge in [-0.2, -0.15) is 0 Å². The number of hydrogen-bond donors (Lipinski definition) is 8. The molecule has 24 nitrogen and oxygen atoms in total. The number of ether oxygens (including phenoxy) is 3. The standard InChI is InChI=1S/C52H65N13O11/c1-32(2)45(63-42(66)12-5-4-6-22-65-43(67)17-18-44(65)68)49(70)61-38(11-8-20-56-51(54)72)48(69)59-36-15-13-34(14-16-36)31-75-52(73)58-28-33(3)76-37-10-7-9-35(27-37)39-30-57-47(53)46(60-39)50(71)62-40-29-55-21-19-41(40)64-23-25-74-26-24-64/h7,9-10,13-19,21,27,29-30,32-33,38,45H,4-6,8,11-12,20,22-26,28,31H2,1-3H3,(H2,53,57)(H,58,73)(H,59,69)(H,61,70)(H,62,71)(H,63,66)(H3,54,56,72)/t33?,38-,45?/m0/s1. The molecular formula is C52H65N13O11. The number of carbonyl (C=O) groups excluding carboxylic acids is 8. The van der Waals surface area contributed by atoms with Gasteiger partial charge < -0.3 is 62.5 Å². The van der Waals surface area contributed by atoms with Crippen molar-refractivity contribution in [1.82, 2.24) is 41.1 Å². The SMILES string of the molecule is CC(CNC(=O)OCc1ccc(NC(=O)[C@H](CCCNC(N)=O)NC(=O)C(NC(=O)CCCCCN2C(=O)C=CC2=O)C(C)C)cc1)Oc1cccc(-c2cnc(N)c(C(=O)Nc3cnccc3N3CCOCC3)n2)c1. The Kier molecular flexibility index (Phi) is 21.0. The molecule has 3 atom stereocenters. The largest absolute Gasteiger partial charge is 0.489 e. The second-order valence-corrected chi connectivity index (χ2v) is 18.3. The van der Waals surface area contributed by atoms with E-state index in [2.05, 4.69) is 51.8 Å². The molecule has 404 valence electrons. The van der Waals surface area contributed by atoms with Crippen molar-refractivity contribution in [3.8, 4) is 17.0 Å². The number of benzene rings is 2. The molecule has 10 N–H and O–H groups in total. The molecular weight excluding hydrogens is 983 g/mol. The molecule has 0 bridgehead atoms. The van der Waals surface area contributed by atoms with Crippen LogP contribution in [0.1, 0.15) is 75.3 Å². The van der Waals surface area contributed by atoms with E-state index in [4.69, 9.17) is 25.7 Å². The van der Waals surface area contributed by atoms with Crippen molar-refractivity contribution in [2.24, 2.45) is 11.7 Å². The van der Waals surface area contributed by atoms with Crippen LogP contribution in [0.25, 0.3) is 11.3 Å². The number of rotatable bonds is 26. The highest BCUT2D eigenvalue weighted by Crippen LogP contribution is 2.28. The summed E-state index contributed by atoms with van der Waals surface area (Å²) in [6, 6.07) is 12.6. The Bertz CT molecular complexity index is 2720. The number of imide groups is 1. The summed E-state index contributed by atoms with van der Waals surface area (Å²) in [5.74, 6) is -2.69. The van der Waals surface area contributed by atoms with Crippen molar-refractivity contribution in [2.45, 2.75) is 84.1 Å². The van der Waals surface area contributed by atoms with Crippen molar-refractivity contribution in [3.63, 3.8) is 0 Å². The first-order valence-corrected chi connectivity index (χ1v) is 25.0. The number of hydrogen-bond acceptors (Lipinski definition) is 16. The van der Waals surface area contributed by atoms with Gasteiger partial charge >= 0.3 is 12.1 Å². The van der Waals surface area contributed by atoms with Crippen LogP contribution in [0.2, 0.25) is 0 Å². The molecule has 1 saturated heterocycles. The molecule has 2 aliphatic heterocycles. The summed E-state index contributed by atoms with van der Waals surface area (Å²) >= 11 is 0. The normalized spacial score (nSPS) is 14.3. The fourth-order valence-corrected chi connectivity index (χ4v) is 8.01. The summed E-state index contributed by atoms with van der Waals surface area (Å²) < 4.78 is 17.0. The van der Waals surface area contributed by atoms with Crippen molar-refractivity contribution in [3.05, 3.63) is 96.6 Å². The number of urea groups is 1. The number of morpholine rings is 1. The second kappa shape index (κ2) is 28.1. The topological polar surface area (TPSA) is 334 Å². The highest BCUT2D eigenvalue weighted by molar-refractivity contribution is 6.13. The van der Waals surface area contributed by atoms with E-state index in [1.165, 1.54) is 18.3 Å². The molecule has 2 aromatic heterocycles. The molecule has 24 heteroatoms. The zero-order valence-electron chi connectivity index (χ0n) is 42.7. The number of alkyl carbamates (subject to hydrolysis) is 1. The Hall–Kier alpha value is -8.67. The summed E-state index contributed by atoms with van der Waals surface area (Å²) in [6.45, 7) is 8.14. The predicted molar refractivity (Wildman–Crippen MR) is 280 cm³/mol. The number of nitrogens with two attached hydrogens (primary N) is 2. The lowest BCUT2D eigenvalue weighted by Crippen LogP contribution is -2.54. The maximum atomic E-state index is 13.6. The van der Waals surface area contributed by atoms with Gasteiger partial charge in [0.1, 0.15) is 30.5 Å². The van der Waals surface area contributed by atoms with Crippen LogP contribution in [0.5, 0.6) is 5.75 Å². The minimum absolute atomic E-state index is 0.0482. The van der Waals surface area contributed by atoms with Gasteiger partial charge in [0.25, 0.3) is 17.7 Å². The third kappa shape index (κ3) is 17.2. The molecule has 0 saturated carbocycles. The third-order valence-electron chi connectivity index (χ3n) is 12.1. The van der Waals surface area contributed by atoms with Gasteiger partial charge in [-0.3, -0.25) is 38.7 Å². The smallest absolute Gasteiger partial charge is 0.407 e. The van der Waals surface area contributed by atoms with Gasteiger partial charge in [0, 0.05) is 62.2 Å². The molecule has 4 heterocycles. The Labute approximate surface area is 439 Å². The van der Waals surface area contributed by atoms with Crippen molar-refractivity contribution < 1.29 is 52.6 Å². The molecule has 0 spiro atoms. The average molecular weight is 1050 g/mol. The van der Waals surface area contributed by atoms with Crippen LogP contribution in [0, 0.1) is 5.92 Å². The lowest BCUT2D eigenvalue weighted by atomic mass is 10.0. The molecule has 9 amide bonds. The second-order valence-electron chi connectivity index (χ2n) is 18.3. The molecule has 76 heavy (non-hydrogen) atoms. The number of unbranched alkanes of at least 4 members (excludes halogenated alkanes) is 2. The lowest BCUT2D eigenvalue weighted by molar-refractivity contribution is -0.137. The van der Waals surface area contributed by atoms with E-state index in [0.717, 1.165) is 10.6 Å². The summed E-state index contributed by atoms with van der Waals surface area (Å²) in [7, 11) is 0. The number of primary amides is 1. The molecule has 0 radical (unpaired) electrons. The number of carbonyl (C=O) groups is 8. The number of nitrogens with zero attached hydrogens (tertiary/aromatic N) is 5. The molecule has 4 aromatic rings. The van der Waals surface area contributed by atoms with Gasteiger partial charge in [-0.15, -0.1) is 0 Å². The van der Waals surface area contributed by atoms with Crippen LogP contribution in [-0.2, 0) is 40.1 Å². The van der Waals surface area contributed by atoms with Gasteiger partial charge in [-0.05, 0) is 74.4 Å². The predicted octanol–water partition coefficient (Wildman–Crippen LogP) is 3.40. The monoisotopic (exact) mass is 1050 g/mol. The van der Waals surface area contributed by atoms with Crippen molar-refractivity contribution in [1.29, 1.82) is 0 Å². The molecule has 2 aromatic carbocycles. The van der Waals surface area contributed by atoms with Crippen LogP contribution >= 0.6 is 0 Å². The molecule has 6 rings (SSSR count). The molecule has 2 unspecified atom stereocenters. The van der Waals surface area contributed by atoms with E-state index >= 15 is 0 Å². The Morgan fingerprint density at radius 3 is 2.32 bits per heavy atom. The minimum Gasteiger partial charge on any atom is -0.489 e. The van der Waals surface area contributed by atoms with Crippen LogP contribution in [0.3, 0.4) is 0 Å². The molecule has 2 aliphatic rings. The molecule has 1 fully saturated rings. The fraction of sp³-hybridized carbons (Fsp3) is 0.404. The highest BCUT2D eigenvalue weighted by Gasteiger charge is 2.29. The first kappa shape index (κ1) is 56.6. The van der Waals surface area contributed by atoms with E-state index < -0.39 is 48.0 Å². The Morgan fingerprint density at radius 1 is 0.842 bits per heavy atom. The summed E-state index contributed by atoms with van der Waals surface area (Å²) in [4.78, 5) is 117. The quantitative estimate of drug-likeness (QED) is 0.0330. The van der Waals surface area contributed by atoms with E-state index in [9.17, 15) is 38.4 Å². The van der Waals surface area contributed by atoms with E-state index in [1.807, 2.05) is 6.07 Å². The van der Waals surface area contributed by atoms with Crippen LogP contribution in [0.15, 0.2) is 85.3 Å². The number of aromatic nitrogens is 3. The van der Waals surface area contributed by atoms with Crippen LogP contribution in [-0.4, -0.2) is 132 Å². The number of anilines is 4. The lowest BCUT2D eigenvalue weighted by Gasteiger charge is -2.30. The first-order chi connectivity index (χ1) is 36.5. The van der Waals surface area contributed by atoms with Crippen molar-refractivity contribution >= 4 is 70.4 Å². The average Bonchev–Trinajstić information content (AvgIpc) is 3.73. The number of amides is 9. The zero-order valence-corrected chi connectivity index (χ0v) is 42.7. The zero-order chi connectivity index (χ0) is 54.6. The first-order valence-electron chi connectivity index (χ1n) is 25.0. The van der Waals surface area contributed by atoms with E-state index in [1.54, 1.807) is 81.7 Å². The van der Waals surface area contributed by atoms with Crippen LogP contribution < -0.4 is 53.0 Å². The van der Waals surface area contributed by atoms with Crippen molar-refractivity contribution in [2.75, 3.05) is 67.2 Å². The summed E-state index contributed by atoms with van der Waals surface area (Å²) in [5.41, 5.74) is 14.5. The highest BCUT2D eigenvalue weighted by atomic mass is 16.5. The summed E-state index contributed by atoms with van der Waals surface area (Å²) in [5, 5.41) is 16.3. The Balaban J connectivity index is 0.946. The maximum absolute atomic E-state index is 13.6. The van der Waals surface area contributed by atoms with Gasteiger partial charge in [0.05, 0.1) is 49.2 Å². The van der Waals surface area contributed by atoms with E-state index in [-0.39, 0.29) is 80.7 Å². The van der Waals surface area contributed by atoms with Gasteiger partial charge in [-0.25, -0.2) is 19.6 Å². The van der Waals surface area contributed by atoms with E-state index in [0.29, 0.717) is 79.5 Å². The minimum atomic E-state index is -1.06. The third-order valence-corrected chi connectivity index (χ3v) is 12.1. The number of nitrogen functional groups attached to an aromatic ring is 1. The maximum Gasteiger partial charge on any atom is 0.407 e. The Morgan fingerprint density at radius 2 is 1.59 bits per heavy atom. The molecule has 0 aliphatic carbocycles. The number of nitrogens with one attached hydrogen (secondary N) is 6.